The number of nitrogens with zero attached hydrogens (tertiary/aromatic N) is 5. The second-order valence-corrected chi connectivity index (χ2v) is 4.46. The zero-order chi connectivity index (χ0) is 12.9. The number of hydrogen-bond donors (Lipinski definition) is 0. The van der Waals surface area contributed by atoms with E-state index < -0.39 is 0 Å². The molecule has 90 valence electrons. The molecule has 5 heteroatoms. The minimum Gasteiger partial charge on any atom is -0.248 e. The molecule has 0 N–H and O–H groups in total. The summed E-state index contributed by atoms with van der Waals surface area (Å²) in [6.45, 7) is 7.75. The van der Waals surface area contributed by atoms with Crippen LogP contribution < -0.4 is 0 Å². The first-order valence-corrected chi connectivity index (χ1v) is 5.81. The van der Waals surface area contributed by atoms with E-state index in [2.05, 4.69) is 24.9 Å². The van der Waals surface area contributed by atoms with E-state index in [1.807, 2.05) is 33.8 Å². The molecule has 0 aromatic carbocycles. The Morgan fingerprint density at radius 2 is 0.944 bits per heavy atom. The summed E-state index contributed by atoms with van der Waals surface area (Å²) in [6.07, 6.45) is 0. The summed E-state index contributed by atoms with van der Waals surface area (Å²) in [5.41, 5.74) is 6.41. The van der Waals surface area contributed by atoms with Gasteiger partial charge in [-0.1, -0.05) is 0 Å². The second kappa shape index (κ2) is 3.66. The summed E-state index contributed by atoms with van der Waals surface area (Å²) in [5, 5.41) is 0. The molecule has 0 aliphatic carbocycles. The van der Waals surface area contributed by atoms with E-state index in [1.54, 1.807) is 0 Å². The Bertz CT molecular complexity index is 650. The minimum absolute atomic E-state index is 0.628. The Morgan fingerprint density at radius 1 is 0.556 bits per heavy atom. The average Bonchev–Trinajstić information content (AvgIpc) is 2.31. The summed E-state index contributed by atoms with van der Waals surface area (Å²) in [7, 11) is 0. The van der Waals surface area contributed by atoms with Gasteiger partial charge in [0.25, 0.3) is 0 Å². The van der Waals surface area contributed by atoms with E-state index >= 15 is 0 Å². The van der Waals surface area contributed by atoms with E-state index in [-0.39, 0.29) is 0 Å². The van der Waals surface area contributed by atoms with Crippen LogP contribution in [0.25, 0.3) is 22.3 Å². The summed E-state index contributed by atoms with van der Waals surface area (Å²) in [6, 6.07) is 1.90. The first-order chi connectivity index (χ1) is 8.54. The molecule has 0 saturated heterocycles. The van der Waals surface area contributed by atoms with Crippen molar-refractivity contribution in [3.8, 4) is 0 Å². The van der Waals surface area contributed by atoms with Crippen molar-refractivity contribution in [3.63, 3.8) is 0 Å². The van der Waals surface area contributed by atoms with Gasteiger partial charge in [0, 0.05) is 0 Å². The lowest BCUT2D eigenvalue weighted by Gasteiger charge is -2.04. The lowest BCUT2D eigenvalue weighted by Crippen LogP contribution is -1.99. The van der Waals surface area contributed by atoms with E-state index in [9.17, 15) is 0 Å². The Kier molecular flexibility index (Phi) is 2.23. The van der Waals surface area contributed by atoms with Crippen LogP contribution in [-0.4, -0.2) is 24.9 Å². The summed E-state index contributed by atoms with van der Waals surface area (Å²) < 4.78 is 0. The predicted molar refractivity (Wildman–Crippen MR) is 69.4 cm³/mol. The Labute approximate surface area is 104 Å². The molecule has 0 aliphatic rings. The number of aryl methyl sites for hydroxylation is 4. The Hall–Kier alpha value is -2.17. The van der Waals surface area contributed by atoms with Crippen LogP contribution in [0.2, 0.25) is 0 Å². The second-order valence-electron chi connectivity index (χ2n) is 4.46. The standard InChI is InChI=1S/C13H13N5/c1-6-8(3)16-12-10(14-6)5-11-13(18-12)17-9(4)7(2)15-11/h5H,1-4H3. The average molecular weight is 239 g/mol. The number of aromatic nitrogens is 5. The number of fused-ring (bicyclic) bond motifs is 2. The quantitative estimate of drug-likeness (QED) is 0.563. The molecule has 0 radical (unpaired) electrons. The third kappa shape index (κ3) is 1.59. The summed E-state index contributed by atoms with van der Waals surface area (Å²) in [4.78, 5) is 22.3. The Balaban J connectivity index is 2.43. The first-order valence-electron chi connectivity index (χ1n) is 5.81. The monoisotopic (exact) mass is 239 g/mol. The molecule has 3 rings (SSSR count). The third-order valence-corrected chi connectivity index (χ3v) is 3.11. The van der Waals surface area contributed by atoms with Crippen LogP contribution >= 0.6 is 0 Å². The molecule has 0 aliphatic heterocycles. The largest absolute Gasteiger partial charge is 0.248 e. The van der Waals surface area contributed by atoms with Crippen molar-refractivity contribution in [1.82, 2.24) is 24.9 Å². The molecular weight excluding hydrogens is 226 g/mol. The molecule has 0 amide bonds. The highest BCUT2D eigenvalue weighted by Crippen LogP contribution is 2.16. The number of hydrogen-bond acceptors (Lipinski definition) is 5. The molecule has 0 spiro atoms. The van der Waals surface area contributed by atoms with Crippen molar-refractivity contribution >= 4 is 22.3 Å². The van der Waals surface area contributed by atoms with Crippen molar-refractivity contribution < 1.29 is 0 Å². The smallest absolute Gasteiger partial charge is 0.180 e. The van der Waals surface area contributed by atoms with Crippen LogP contribution in [-0.2, 0) is 0 Å². The Morgan fingerprint density at radius 3 is 1.39 bits per heavy atom. The lowest BCUT2D eigenvalue weighted by atomic mass is 10.3. The van der Waals surface area contributed by atoms with Gasteiger partial charge in [-0.2, -0.15) is 0 Å². The van der Waals surface area contributed by atoms with Crippen molar-refractivity contribution in [2.75, 3.05) is 0 Å². The van der Waals surface area contributed by atoms with Crippen LogP contribution in [0.15, 0.2) is 6.07 Å². The fourth-order valence-corrected chi connectivity index (χ4v) is 1.81. The van der Waals surface area contributed by atoms with Crippen molar-refractivity contribution in [2.24, 2.45) is 0 Å². The van der Waals surface area contributed by atoms with Crippen molar-refractivity contribution in [1.29, 1.82) is 0 Å². The molecule has 3 heterocycles. The molecule has 0 atom stereocenters. The normalized spacial score (nSPS) is 11.3. The van der Waals surface area contributed by atoms with Gasteiger partial charge in [-0.3, -0.25) is 0 Å². The van der Waals surface area contributed by atoms with Gasteiger partial charge in [0.2, 0.25) is 0 Å². The first kappa shape index (κ1) is 11.0. The van der Waals surface area contributed by atoms with Gasteiger partial charge in [0.1, 0.15) is 11.0 Å². The maximum atomic E-state index is 4.48. The molecule has 0 saturated carbocycles. The third-order valence-electron chi connectivity index (χ3n) is 3.11. The van der Waals surface area contributed by atoms with Crippen LogP contribution in [0.4, 0.5) is 0 Å². The highest BCUT2D eigenvalue weighted by molar-refractivity contribution is 5.84. The minimum atomic E-state index is 0.628. The maximum Gasteiger partial charge on any atom is 0.180 e. The van der Waals surface area contributed by atoms with Gasteiger partial charge in [0.05, 0.1) is 22.8 Å². The number of rotatable bonds is 0. The molecular formula is C13H13N5. The molecule has 3 aromatic rings. The van der Waals surface area contributed by atoms with Crippen LogP contribution in [0.1, 0.15) is 22.8 Å². The molecule has 0 fully saturated rings. The van der Waals surface area contributed by atoms with Gasteiger partial charge in [-0.15, -0.1) is 0 Å². The zero-order valence-corrected chi connectivity index (χ0v) is 10.8. The molecule has 3 aromatic heterocycles. The highest BCUT2D eigenvalue weighted by atomic mass is 15.0. The summed E-state index contributed by atoms with van der Waals surface area (Å²) >= 11 is 0. The molecule has 5 nitrogen and oxygen atoms in total. The van der Waals surface area contributed by atoms with Crippen LogP contribution in [0.3, 0.4) is 0 Å². The van der Waals surface area contributed by atoms with E-state index in [4.69, 9.17) is 0 Å². The van der Waals surface area contributed by atoms with Gasteiger partial charge in [-0.05, 0) is 33.8 Å². The van der Waals surface area contributed by atoms with Gasteiger partial charge < -0.3 is 0 Å². The maximum absolute atomic E-state index is 4.48. The van der Waals surface area contributed by atoms with Gasteiger partial charge in [-0.25, -0.2) is 24.9 Å². The highest BCUT2D eigenvalue weighted by Gasteiger charge is 2.08. The number of pyridine rings is 1. The molecule has 18 heavy (non-hydrogen) atoms. The van der Waals surface area contributed by atoms with Gasteiger partial charge in [0.15, 0.2) is 11.3 Å². The van der Waals surface area contributed by atoms with E-state index in [0.717, 1.165) is 33.8 Å². The topological polar surface area (TPSA) is 64.5 Å². The van der Waals surface area contributed by atoms with Crippen molar-refractivity contribution in [3.05, 3.63) is 28.8 Å². The molecule has 0 bridgehead atoms. The van der Waals surface area contributed by atoms with E-state index in [1.165, 1.54) is 0 Å². The molecule has 0 unspecified atom stereocenters. The van der Waals surface area contributed by atoms with Crippen LogP contribution in [0, 0.1) is 27.7 Å². The van der Waals surface area contributed by atoms with E-state index in [0.29, 0.717) is 11.3 Å². The van der Waals surface area contributed by atoms with Crippen molar-refractivity contribution in [2.45, 2.75) is 27.7 Å². The van der Waals surface area contributed by atoms with Gasteiger partial charge >= 0.3 is 0 Å². The van der Waals surface area contributed by atoms with Crippen LogP contribution in [0.5, 0.6) is 0 Å². The summed E-state index contributed by atoms with van der Waals surface area (Å²) in [5.74, 6) is 0. The fourth-order valence-electron chi connectivity index (χ4n) is 1.81. The lowest BCUT2D eigenvalue weighted by molar-refractivity contribution is 1.06. The fraction of sp³-hybridized carbons (Fsp3) is 0.308. The predicted octanol–water partition coefficient (Wildman–Crippen LogP) is 2.20. The zero-order valence-electron chi connectivity index (χ0n) is 10.8. The SMILES string of the molecule is Cc1nc2cc3nc(C)c(C)nc3nc2nc1C.